The predicted molar refractivity (Wildman–Crippen MR) is 49.6 cm³/mol. The molecule has 4 nitrogen and oxygen atoms in total. The highest BCUT2D eigenvalue weighted by molar-refractivity contribution is 6.30. The molecule has 0 aliphatic rings. The lowest BCUT2D eigenvalue weighted by Crippen LogP contribution is -1.91. The number of halogens is 1. The first-order chi connectivity index (χ1) is 6.16. The molecule has 13 heavy (non-hydrogen) atoms. The molecule has 1 aromatic heterocycles. The van der Waals surface area contributed by atoms with Gasteiger partial charge in [-0.1, -0.05) is 11.6 Å². The minimum absolute atomic E-state index is 0.412. The van der Waals surface area contributed by atoms with E-state index in [1.165, 1.54) is 6.08 Å². The van der Waals surface area contributed by atoms with Crippen LogP contribution in [0.3, 0.4) is 0 Å². The molecule has 0 atom stereocenters. The summed E-state index contributed by atoms with van der Waals surface area (Å²) in [5.74, 6) is 0. The highest BCUT2D eigenvalue weighted by atomic mass is 35.5. The Morgan fingerprint density at radius 2 is 2.38 bits per heavy atom. The summed E-state index contributed by atoms with van der Waals surface area (Å²) in [6, 6.07) is 0. The first kappa shape index (κ1) is 9.96. The lowest BCUT2D eigenvalue weighted by molar-refractivity contribution is 0.563. The van der Waals surface area contributed by atoms with E-state index in [-0.39, 0.29) is 0 Å². The number of isocyanates is 1. The summed E-state index contributed by atoms with van der Waals surface area (Å²) in [5, 5.41) is 4.74. The largest absolute Gasteiger partial charge is 0.257 e. The maximum absolute atomic E-state index is 9.82. The molecule has 0 fully saturated rings. The number of aryl methyl sites for hydroxylation is 2. The molecule has 0 saturated heterocycles. The maximum Gasteiger partial charge on any atom is 0.234 e. The molecule has 0 radical (unpaired) electrons. The number of aromatic nitrogens is 2. The zero-order chi connectivity index (χ0) is 9.84. The van der Waals surface area contributed by atoms with Crippen LogP contribution in [0.2, 0.25) is 5.15 Å². The standard InChI is InChI=1S/C8H10ClN3O/c1-6-7(3-4-10-5-13)8(9)12(2)11-6/h3-4H2,1-2H3. The Hall–Kier alpha value is -1.12. The zero-order valence-electron chi connectivity index (χ0n) is 7.54. The molecule has 0 bridgehead atoms. The fourth-order valence-corrected chi connectivity index (χ4v) is 1.44. The first-order valence-electron chi connectivity index (χ1n) is 3.88. The lowest BCUT2D eigenvalue weighted by Gasteiger charge is -1.95. The molecule has 0 aliphatic heterocycles. The zero-order valence-corrected chi connectivity index (χ0v) is 8.30. The van der Waals surface area contributed by atoms with Gasteiger partial charge >= 0.3 is 0 Å². The Kier molecular flexibility index (Phi) is 3.23. The topological polar surface area (TPSA) is 47.2 Å². The smallest absolute Gasteiger partial charge is 0.234 e. The third kappa shape index (κ3) is 2.17. The van der Waals surface area contributed by atoms with Crippen LogP contribution in [0.1, 0.15) is 11.3 Å². The molecule has 0 saturated carbocycles. The monoisotopic (exact) mass is 199 g/mol. The predicted octanol–water partition coefficient (Wildman–Crippen LogP) is 1.26. The van der Waals surface area contributed by atoms with Crippen molar-refractivity contribution >= 4 is 17.7 Å². The Labute approximate surface area is 81.2 Å². The van der Waals surface area contributed by atoms with Crippen molar-refractivity contribution in [1.82, 2.24) is 9.78 Å². The Morgan fingerprint density at radius 1 is 1.69 bits per heavy atom. The molecule has 5 heteroatoms. The van der Waals surface area contributed by atoms with Crippen molar-refractivity contribution in [2.45, 2.75) is 13.3 Å². The average Bonchev–Trinajstić information content (AvgIpc) is 2.32. The van der Waals surface area contributed by atoms with Crippen LogP contribution >= 0.6 is 11.6 Å². The summed E-state index contributed by atoms with van der Waals surface area (Å²) in [5.41, 5.74) is 1.83. The normalized spacial score (nSPS) is 9.77. The van der Waals surface area contributed by atoms with Crippen molar-refractivity contribution < 1.29 is 4.79 Å². The number of rotatable bonds is 3. The molecule has 1 rings (SSSR count). The van der Waals surface area contributed by atoms with Gasteiger partial charge in [-0.15, -0.1) is 0 Å². The van der Waals surface area contributed by atoms with Crippen LogP contribution in [0.25, 0.3) is 0 Å². The van der Waals surface area contributed by atoms with Crippen LogP contribution in [0, 0.1) is 6.92 Å². The first-order valence-corrected chi connectivity index (χ1v) is 4.26. The molecular formula is C8H10ClN3O. The van der Waals surface area contributed by atoms with Crippen molar-refractivity contribution in [3.8, 4) is 0 Å². The lowest BCUT2D eigenvalue weighted by atomic mass is 10.2. The van der Waals surface area contributed by atoms with Crippen LogP contribution < -0.4 is 0 Å². The maximum atomic E-state index is 9.82. The highest BCUT2D eigenvalue weighted by Crippen LogP contribution is 2.18. The third-order valence-corrected chi connectivity index (χ3v) is 2.28. The Morgan fingerprint density at radius 3 is 2.85 bits per heavy atom. The molecule has 1 heterocycles. The molecule has 0 amide bonds. The number of carbonyl (C=O) groups excluding carboxylic acids is 1. The summed E-state index contributed by atoms with van der Waals surface area (Å²) in [7, 11) is 1.78. The van der Waals surface area contributed by atoms with Gasteiger partial charge in [0.15, 0.2) is 0 Å². The van der Waals surface area contributed by atoms with Gasteiger partial charge < -0.3 is 0 Å². The van der Waals surface area contributed by atoms with Crippen molar-refractivity contribution in [3.05, 3.63) is 16.4 Å². The second-order valence-corrected chi connectivity index (χ2v) is 3.06. The van der Waals surface area contributed by atoms with E-state index in [1.807, 2.05) is 6.92 Å². The minimum atomic E-state index is 0.412. The van der Waals surface area contributed by atoms with Crippen molar-refractivity contribution in [1.29, 1.82) is 0 Å². The fourth-order valence-electron chi connectivity index (χ4n) is 1.17. The van der Waals surface area contributed by atoms with E-state index < -0.39 is 0 Å². The van der Waals surface area contributed by atoms with Crippen molar-refractivity contribution in [2.75, 3.05) is 6.54 Å². The van der Waals surface area contributed by atoms with Crippen LogP contribution in [0.15, 0.2) is 4.99 Å². The second kappa shape index (κ2) is 4.21. The van der Waals surface area contributed by atoms with Crippen LogP contribution in [0.5, 0.6) is 0 Å². The van der Waals surface area contributed by atoms with E-state index in [4.69, 9.17) is 11.6 Å². The van der Waals surface area contributed by atoms with Crippen molar-refractivity contribution in [3.63, 3.8) is 0 Å². The molecular weight excluding hydrogens is 190 g/mol. The van der Waals surface area contributed by atoms with Crippen LogP contribution in [-0.2, 0) is 18.3 Å². The highest BCUT2D eigenvalue weighted by Gasteiger charge is 2.09. The van der Waals surface area contributed by atoms with Gasteiger partial charge in [0.05, 0.1) is 12.2 Å². The number of hydrogen-bond acceptors (Lipinski definition) is 3. The van der Waals surface area contributed by atoms with Gasteiger partial charge in [-0.3, -0.25) is 4.68 Å². The van der Waals surface area contributed by atoms with Crippen LogP contribution in [0.4, 0.5) is 0 Å². The van der Waals surface area contributed by atoms with Gasteiger partial charge in [0, 0.05) is 12.6 Å². The van der Waals surface area contributed by atoms with E-state index in [2.05, 4.69) is 10.1 Å². The van der Waals surface area contributed by atoms with E-state index in [0.717, 1.165) is 11.3 Å². The molecule has 0 aliphatic carbocycles. The van der Waals surface area contributed by atoms with E-state index >= 15 is 0 Å². The molecule has 0 N–H and O–H groups in total. The SMILES string of the molecule is Cc1nn(C)c(Cl)c1CCN=C=O. The van der Waals surface area contributed by atoms with Crippen molar-refractivity contribution in [2.24, 2.45) is 12.0 Å². The molecule has 1 aromatic rings. The Bertz CT molecular complexity index is 353. The number of nitrogens with zero attached hydrogens (tertiary/aromatic N) is 3. The molecule has 0 spiro atoms. The van der Waals surface area contributed by atoms with Gasteiger partial charge in [0.2, 0.25) is 6.08 Å². The molecule has 70 valence electrons. The van der Waals surface area contributed by atoms with Gasteiger partial charge in [-0.05, 0) is 13.3 Å². The molecule has 0 aromatic carbocycles. The van der Waals surface area contributed by atoms with Gasteiger partial charge in [0.25, 0.3) is 0 Å². The summed E-state index contributed by atoms with van der Waals surface area (Å²) >= 11 is 5.95. The third-order valence-electron chi connectivity index (χ3n) is 1.81. The van der Waals surface area contributed by atoms with E-state index in [0.29, 0.717) is 18.1 Å². The number of aliphatic imine (C=N–C) groups is 1. The minimum Gasteiger partial charge on any atom is -0.257 e. The van der Waals surface area contributed by atoms with E-state index in [1.54, 1.807) is 11.7 Å². The Balaban J connectivity index is 2.81. The summed E-state index contributed by atoms with van der Waals surface area (Å²) < 4.78 is 1.61. The second-order valence-electron chi connectivity index (χ2n) is 2.70. The summed E-state index contributed by atoms with van der Waals surface area (Å²) in [4.78, 5) is 13.3. The number of hydrogen-bond donors (Lipinski definition) is 0. The van der Waals surface area contributed by atoms with Gasteiger partial charge in [-0.2, -0.15) is 5.10 Å². The van der Waals surface area contributed by atoms with E-state index in [9.17, 15) is 4.79 Å². The summed E-state index contributed by atoms with van der Waals surface area (Å²) in [6.07, 6.45) is 2.12. The quantitative estimate of drug-likeness (QED) is 0.544. The van der Waals surface area contributed by atoms with Gasteiger partial charge in [-0.25, -0.2) is 9.79 Å². The molecule has 0 unspecified atom stereocenters. The summed E-state index contributed by atoms with van der Waals surface area (Å²) in [6.45, 7) is 2.29. The van der Waals surface area contributed by atoms with Gasteiger partial charge in [0.1, 0.15) is 5.15 Å². The fraction of sp³-hybridized carbons (Fsp3) is 0.500. The van der Waals surface area contributed by atoms with Crippen LogP contribution in [-0.4, -0.2) is 22.4 Å². The average molecular weight is 200 g/mol.